The Morgan fingerprint density at radius 3 is 2.53 bits per heavy atom. The lowest BCUT2D eigenvalue weighted by atomic mass is 9.75. The van der Waals surface area contributed by atoms with Crippen molar-refractivity contribution in [3.05, 3.63) is 88.7 Å². The normalized spacial score (nSPS) is 19.3. The molecule has 0 aliphatic heterocycles. The molecule has 2 atom stereocenters. The zero-order valence-electron chi connectivity index (χ0n) is 22.8. The van der Waals surface area contributed by atoms with Gasteiger partial charge in [-0.15, -0.1) is 0 Å². The monoisotopic (exact) mass is 514 g/mol. The van der Waals surface area contributed by atoms with Gasteiger partial charge in [-0.05, 0) is 88.8 Å². The van der Waals surface area contributed by atoms with Gasteiger partial charge in [0.25, 0.3) is 0 Å². The molecule has 200 valence electrons. The van der Waals surface area contributed by atoms with Crippen LogP contribution in [-0.2, 0) is 17.8 Å². The second-order valence-electron chi connectivity index (χ2n) is 11.9. The zero-order valence-corrected chi connectivity index (χ0v) is 22.8. The molecule has 2 fully saturated rings. The Hall–Kier alpha value is -3.14. The lowest BCUT2D eigenvalue weighted by molar-refractivity contribution is -0.137. The molecule has 3 aromatic rings. The Balaban J connectivity index is 1.43. The molecule has 38 heavy (non-hydrogen) atoms. The molecule has 3 aromatic carbocycles. The van der Waals surface area contributed by atoms with E-state index < -0.39 is 11.8 Å². The van der Waals surface area contributed by atoms with Crippen LogP contribution in [0.2, 0.25) is 0 Å². The average Bonchev–Trinajstić information content (AvgIpc) is 3.68. The van der Waals surface area contributed by atoms with Crippen molar-refractivity contribution in [2.45, 2.75) is 84.2 Å². The van der Waals surface area contributed by atoms with Crippen molar-refractivity contribution in [3.63, 3.8) is 0 Å². The topological polar surface area (TPSA) is 46.5 Å². The summed E-state index contributed by atoms with van der Waals surface area (Å²) in [5, 5.41) is 9.37. The summed E-state index contributed by atoms with van der Waals surface area (Å²) in [5.74, 6) is -0.716. The molecule has 0 aromatic heterocycles. The second-order valence-corrected chi connectivity index (χ2v) is 11.9. The highest BCUT2D eigenvalue weighted by Crippen LogP contribution is 2.51. The van der Waals surface area contributed by atoms with Gasteiger partial charge in [0.15, 0.2) is 11.6 Å². The third-order valence-corrected chi connectivity index (χ3v) is 8.77. The van der Waals surface area contributed by atoms with Crippen LogP contribution in [0, 0.1) is 17.2 Å². The fourth-order valence-electron chi connectivity index (χ4n) is 6.42. The maximum Gasteiger partial charge on any atom is 0.303 e. The summed E-state index contributed by atoms with van der Waals surface area (Å²) in [6, 6.07) is 20.5. The van der Waals surface area contributed by atoms with E-state index in [1.165, 1.54) is 41.5 Å². The van der Waals surface area contributed by atoms with Crippen molar-refractivity contribution in [2.24, 2.45) is 11.3 Å². The number of benzene rings is 3. The van der Waals surface area contributed by atoms with Gasteiger partial charge in [-0.1, -0.05) is 81.8 Å². The minimum Gasteiger partial charge on any atom is -0.486 e. The quantitative estimate of drug-likeness (QED) is 0.294. The Labute approximate surface area is 226 Å². The van der Waals surface area contributed by atoms with Crippen LogP contribution in [0.5, 0.6) is 5.75 Å². The summed E-state index contributed by atoms with van der Waals surface area (Å²) in [7, 11) is 0. The number of rotatable bonds is 10. The van der Waals surface area contributed by atoms with Gasteiger partial charge in [0.1, 0.15) is 6.61 Å². The van der Waals surface area contributed by atoms with Crippen molar-refractivity contribution in [1.29, 1.82) is 0 Å². The molecule has 0 radical (unpaired) electrons. The maximum absolute atomic E-state index is 15.5. The summed E-state index contributed by atoms with van der Waals surface area (Å²) in [5.41, 5.74) is 6.91. The summed E-state index contributed by atoms with van der Waals surface area (Å²) in [6.07, 6.45) is 6.47. The van der Waals surface area contributed by atoms with Crippen LogP contribution in [0.1, 0.15) is 93.4 Å². The number of ether oxygens (including phenoxy) is 1. The molecule has 4 heteroatoms. The van der Waals surface area contributed by atoms with Crippen LogP contribution in [0.25, 0.3) is 11.1 Å². The van der Waals surface area contributed by atoms with E-state index in [4.69, 9.17) is 4.74 Å². The molecule has 5 rings (SSSR count). The van der Waals surface area contributed by atoms with Gasteiger partial charge >= 0.3 is 5.97 Å². The van der Waals surface area contributed by atoms with E-state index in [0.717, 1.165) is 24.8 Å². The third kappa shape index (κ3) is 5.65. The van der Waals surface area contributed by atoms with Crippen LogP contribution in [0.4, 0.5) is 4.39 Å². The maximum atomic E-state index is 15.5. The summed E-state index contributed by atoms with van der Waals surface area (Å²) >= 11 is 0. The largest absolute Gasteiger partial charge is 0.486 e. The Morgan fingerprint density at radius 1 is 1.05 bits per heavy atom. The van der Waals surface area contributed by atoms with Gasteiger partial charge < -0.3 is 9.84 Å². The van der Waals surface area contributed by atoms with Crippen LogP contribution < -0.4 is 4.74 Å². The van der Waals surface area contributed by atoms with Crippen LogP contribution >= 0.6 is 0 Å². The van der Waals surface area contributed by atoms with E-state index in [1.54, 1.807) is 18.2 Å². The van der Waals surface area contributed by atoms with Gasteiger partial charge in [0.05, 0.1) is 6.42 Å². The van der Waals surface area contributed by atoms with E-state index in [9.17, 15) is 9.90 Å². The number of aryl methyl sites for hydroxylation is 1. The first-order valence-electron chi connectivity index (χ1n) is 14.1. The molecule has 0 saturated heterocycles. The standard InChI is InChI=1S/C34H39FO3/c1-4-22-8-5-9-25(18-22)26-16-13-23(19-29(26)30-11-7-17-34(30,2)3)21-38-31-12-6-10-27(33(31)35)28(20-32(36)37)24-14-15-24/h5-6,8-10,12-13,16,18-19,24,28,30H,4,7,11,14-15,17,20-21H2,1-3H3,(H,36,37)/t28-,30+/m1/s1. The highest BCUT2D eigenvalue weighted by Gasteiger charge is 2.37. The number of carbonyl (C=O) groups is 1. The molecule has 0 heterocycles. The van der Waals surface area contributed by atoms with Crippen molar-refractivity contribution in [3.8, 4) is 16.9 Å². The number of hydrogen-bond donors (Lipinski definition) is 1. The SMILES string of the molecule is CCc1cccc(-c2ccc(COc3cccc([C@H](CC(=O)O)C4CC4)c3F)cc2[C@@H]2CCCC2(C)C)c1. The average molecular weight is 515 g/mol. The molecule has 2 aliphatic rings. The van der Waals surface area contributed by atoms with Gasteiger partial charge in [-0.2, -0.15) is 0 Å². The van der Waals surface area contributed by atoms with E-state index in [2.05, 4.69) is 63.2 Å². The Bertz CT molecular complexity index is 1310. The molecule has 2 saturated carbocycles. The van der Waals surface area contributed by atoms with Crippen LogP contribution in [-0.4, -0.2) is 11.1 Å². The first-order chi connectivity index (χ1) is 18.3. The summed E-state index contributed by atoms with van der Waals surface area (Å²) in [6.45, 7) is 7.19. The highest BCUT2D eigenvalue weighted by atomic mass is 19.1. The van der Waals surface area contributed by atoms with E-state index in [0.29, 0.717) is 11.5 Å². The predicted molar refractivity (Wildman–Crippen MR) is 150 cm³/mol. The first-order valence-corrected chi connectivity index (χ1v) is 14.1. The van der Waals surface area contributed by atoms with Gasteiger partial charge in [-0.3, -0.25) is 4.79 Å². The summed E-state index contributed by atoms with van der Waals surface area (Å²) < 4.78 is 21.6. The number of carboxylic acids is 1. The molecule has 1 N–H and O–H groups in total. The fraction of sp³-hybridized carbons (Fsp3) is 0.441. The number of aliphatic carboxylic acids is 1. The number of hydrogen-bond acceptors (Lipinski definition) is 2. The molecule has 3 nitrogen and oxygen atoms in total. The van der Waals surface area contributed by atoms with E-state index >= 15 is 4.39 Å². The second kappa shape index (κ2) is 10.9. The Kier molecular flexibility index (Phi) is 7.61. The van der Waals surface area contributed by atoms with Gasteiger partial charge in [0, 0.05) is 5.92 Å². The summed E-state index contributed by atoms with van der Waals surface area (Å²) in [4.78, 5) is 11.4. The van der Waals surface area contributed by atoms with Crippen molar-refractivity contribution in [2.75, 3.05) is 0 Å². The molecule has 0 unspecified atom stereocenters. The van der Waals surface area contributed by atoms with Crippen LogP contribution in [0.15, 0.2) is 60.7 Å². The van der Waals surface area contributed by atoms with Gasteiger partial charge in [-0.25, -0.2) is 4.39 Å². The third-order valence-electron chi connectivity index (χ3n) is 8.77. The van der Waals surface area contributed by atoms with Crippen LogP contribution in [0.3, 0.4) is 0 Å². The molecule has 0 amide bonds. The smallest absolute Gasteiger partial charge is 0.303 e. The molecular formula is C34H39FO3. The number of carboxylic acid groups (broad SMARTS) is 1. The fourth-order valence-corrected chi connectivity index (χ4v) is 6.42. The highest BCUT2D eigenvalue weighted by molar-refractivity contribution is 5.70. The molecule has 0 bridgehead atoms. The minimum absolute atomic E-state index is 0.0493. The zero-order chi connectivity index (χ0) is 26.9. The van der Waals surface area contributed by atoms with Gasteiger partial charge in [0.2, 0.25) is 0 Å². The Morgan fingerprint density at radius 2 is 1.84 bits per heavy atom. The van der Waals surface area contributed by atoms with Crippen molar-refractivity contribution >= 4 is 5.97 Å². The first kappa shape index (κ1) is 26.5. The van der Waals surface area contributed by atoms with E-state index in [1.807, 2.05) is 0 Å². The number of halogens is 1. The lowest BCUT2D eigenvalue weighted by Crippen LogP contribution is -2.16. The van der Waals surface area contributed by atoms with E-state index in [-0.39, 0.29) is 36.0 Å². The molecular weight excluding hydrogens is 475 g/mol. The minimum atomic E-state index is -0.889. The molecule has 2 aliphatic carbocycles. The van der Waals surface area contributed by atoms with Crippen molar-refractivity contribution in [1.82, 2.24) is 0 Å². The van der Waals surface area contributed by atoms with Crippen molar-refractivity contribution < 1.29 is 19.0 Å². The predicted octanol–water partition coefficient (Wildman–Crippen LogP) is 8.90. The molecule has 0 spiro atoms. The lowest BCUT2D eigenvalue weighted by Gasteiger charge is -2.30.